The van der Waals surface area contributed by atoms with Gasteiger partial charge >= 0.3 is 35.2 Å². The van der Waals surface area contributed by atoms with Crippen LogP contribution in [-0.2, 0) is 31.4 Å². The molecule has 2 aliphatic heterocycles. The maximum Gasteiger partial charge on any atom is 2.00 e. The number of hydrogen-bond donors (Lipinski definition) is 1. The average molecular weight is 904 g/mol. The van der Waals surface area contributed by atoms with Crippen molar-refractivity contribution in [2.45, 2.75) is 174 Å². The molecule has 0 aliphatic carbocycles. The maximum atomic E-state index is 12.8. The summed E-state index contributed by atoms with van der Waals surface area (Å²) in [5.74, 6) is 0.616. The summed E-state index contributed by atoms with van der Waals surface area (Å²) in [5, 5.41) is 0. The number of nitrogens with one attached hydrogen (secondary N) is 1. The second-order valence-corrected chi connectivity index (χ2v) is 24.5. The number of hydrogen-bond acceptors (Lipinski definition) is 6. The molecule has 2 amide bonds. The van der Waals surface area contributed by atoms with Gasteiger partial charge in [-0.3, -0.25) is 0 Å². The van der Waals surface area contributed by atoms with Gasteiger partial charge in [-0.1, -0.05) is 30.3 Å². The minimum atomic E-state index is -1.22. The van der Waals surface area contributed by atoms with Crippen LogP contribution in [0.3, 0.4) is 0 Å². The smallest absolute Gasteiger partial charge is 1.00 e. The molecule has 0 saturated carbocycles. The van der Waals surface area contributed by atoms with Crippen LogP contribution in [0.1, 0.15) is 148 Å². The van der Waals surface area contributed by atoms with Crippen molar-refractivity contribution >= 4 is 63.4 Å². The van der Waals surface area contributed by atoms with Gasteiger partial charge in [0, 0.05) is 36.4 Å². The van der Waals surface area contributed by atoms with E-state index in [1.165, 1.54) is 0 Å². The minimum Gasteiger partial charge on any atom is -1.00 e. The first-order valence-electron chi connectivity index (χ1n) is 20.5. The molecule has 2 aromatic carbocycles. The Labute approximate surface area is 391 Å². The van der Waals surface area contributed by atoms with Crippen molar-refractivity contribution in [3.63, 3.8) is 0 Å². The first-order chi connectivity index (χ1) is 26.4. The first-order valence-corrected chi connectivity index (χ1v) is 22.8. The van der Waals surface area contributed by atoms with Crippen molar-refractivity contribution in [1.82, 2.24) is 14.5 Å². The van der Waals surface area contributed by atoms with E-state index in [1.807, 2.05) is 137 Å². The Morgan fingerprint density at radius 1 is 0.767 bits per heavy atom. The third kappa shape index (κ3) is 20.9. The second kappa shape index (κ2) is 24.1. The van der Waals surface area contributed by atoms with E-state index < -0.39 is 33.2 Å². The number of carbonyl (C=O) groups is 2. The maximum absolute atomic E-state index is 12.8. The predicted molar refractivity (Wildman–Crippen MR) is 247 cm³/mol. The van der Waals surface area contributed by atoms with Gasteiger partial charge in [0.25, 0.3) is 0 Å². The monoisotopic (exact) mass is 902 g/mol. The number of benzene rings is 2. The van der Waals surface area contributed by atoms with E-state index in [0.29, 0.717) is 24.9 Å². The van der Waals surface area contributed by atoms with Crippen molar-refractivity contribution in [2.75, 3.05) is 13.1 Å². The van der Waals surface area contributed by atoms with Crippen molar-refractivity contribution in [3.05, 3.63) is 72.3 Å². The molecule has 2 heterocycles. The van der Waals surface area contributed by atoms with Crippen LogP contribution in [0.15, 0.2) is 65.1 Å². The Kier molecular flexibility index (Phi) is 23.3. The Balaban J connectivity index is 0.00000100. The SMILES string of the molecule is CC(C)(C)OC(=O)N1C[C@@H](CC(NS(=O)C(C)(C)C)c2ccccc2)CC1(C)C.CC(C)(C)OC(=O)N1C[C@@H](CC=NS(=O)C(C)(C)C)CC1(C)C.[Cl-].[Mg+2].[c-]1ccccc1. The van der Waals surface area contributed by atoms with Crippen LogP contribution in [0.4, 0.5) is 9.59 Å². The summed E-state index contributed by atoms with van der Waals surface area (Å²) in [6, 6.07) is 22.6. The number of carbonyl (C=O) groups excluding carboxylic acids is 2. The summed E-state index contributed by atoms with van der Waals surface area (Å²) < 4.78 is 42.7. The van der Waals surface area contributed by atoms with Gasteiger partial charge in [0.1, 0.15) is 22.2 Å². The number of rotatable bonds is 8. The molecule has 2 saturated heterocycles. The van der Waals surface area contributed by atoms with Crippen molar-refractivity contribution in [1.29, 1.82) is 0 Å². The van der Waals surface area contributed by atoms with Gasteiger partial charge in [-0.2, -0.15) is 40.8 Å². The summed E-state index contributed by atoms with van der Waals surface area (Å²) in [6.45, 7) is 32.5. The van der Waals surface area contributed by atoms with E-state index in [9.17, 15) is 18.0 Å². The van der Waals surface area contributed by atoms with Crippen LogP contribution in [-0.4, -0.2) is 105 Å². The van der Waals surface area contributed by atoms with Gasteiger partial charge in [0.2, 0.25) is 0 Å². The molecule has 4 rings (SSSR count). The molecule has 3 unspecified atom stereocenters. The number of halogens is 1. The molecular weight excluding hydrogens is 828 g/mol. The van der Waals surface area contributed by atoms with Crippen molar-refractivity contribution in [3.8, 4) is 0 Å². The molecule has 0 aromatic heterocycles. The fraction of sp³-hybridized carbons (Fsp3) is 0.674. The van der Waals surface area contributed by atoms with Gasteiger partial charge in [0.15, 0.2) is 0 Å². The van der Waals surface area contributed by atoms with Gasteiger partial charge in [-0.05, 0) is 154 Å². The topological polar surface area (TPSA) is 118 Å². The Hall–Kier alpha value is -2.03. The summed E-state index contributed by atoms with van der Waals surface area (Å²) >= 11 is 0. The molecule has 1 N–H and O–H groups in total. The van der Waals surface area contributed by atoms with Crippen LogP contribution in [0.5, 0.6) is 0 Å². The summed E-state index contributed by atoms with van der Waals surface area (Å²) in [5.41, 5.74) is -0.376. The summed E-state index contributed by atoms with van der Waals surface area (Å²) in [4.78, 5) is 28.7. The molecule has 336 valence electrons. The Morgan fingerprint density at radius 3 is 1.58 bits per heavy atom. The van der Waals surface area contributed by atoms with Crippen LogP contribution in [0.25, 0.3) is 0 Å². The molecular formula is C46H75ClMgN4O6S2. The fourth-order valence-corrected chi connectivity index (χ4v) is 8.08. The largest absolute Gasteiger partial charge is 2.00 e. The molecule has 0 spiro atoms. The second-order valence-electron chi connectivity index (χ2n) is 20.6. The van der Waals surface area contributed by atoms with Crippen LogP contribution in [0.2, 0.25) is 0 Å². The van der Waals surface area contributed by atoms with E-state index in [0.717, 1.165) is 31.2 Å². The molecule has 0 bridgehead atoms. The number of likely N-dealkylation sites (tertiary alicyclic amines) is 2. The van der Waals surface area contributed by atoms with Gasteiger partial charge in [-0.15, -0.1) is 0 Å². The van der Waals surface area contributed by atoms with Crippen LogP contribution >= 0.6 is 0 Å². The van der Waals surface area contributed by atoms with Gasteiger partial charge in [0.05, 0.1) is 20.5 Å². The summed E-state index contributed by atoms with van der Waals surface area (Å²) in [6.07, 6.45) is 4.55. The van der Waals surface area contributed by atoms with E-state index in [-0.39, 0.29) is 74.3 Å². The molecule has 2 aromatic rings. The van der Waals surface area contributed by atoms with Crippen molar-refractivity contribution < 1.29 is 39.9 Å². The molecule has 5 atom stereocenters. The molecule has 60 heavy (non-hydrogen) atoms. The zero-order chi connectivity index (χ0) is 44.3. The molecule has 10 nitrogen and oxygen atoms in total. The third-order valence-electron chi connectivity index (χ3n) is 9.46. The fourth-order valence-electron chi connectivity index (χ4n) is 6.70. The molecule has 14 heteroatoms. The number of ether oxygens (including phenoxy) is 2. The van der Waals surface area contributed by atoms with Crippen molar-refractivity contribution in [2.24, 2.45) is 16.2 Å². The summed E-state index contributed by atoms with van der Waals surface area (Å²) in [7, 11) is -2.40. The minimum absolute atomic E-state index is 0. The quantitative estimate of drug-likeness (QED) is 0.170. The number of amides is 2. The first kappa shape index (κ1) is 58.0. The Bertz CT molecular complexity index is 1640. The van der Waals surface area contributed by atoms with E-state index in [4.69, 9.17) is 9.47 Å². The molecule has 0 radical (unpaired) electrons. The standard InChI is InChI=1S/C23H38N2O3S.C17H32N2O3S.C6H5.ClH.Mg/c1-21(2,3)28-20(26)25-16-17(15-23(25,7)8)14-19(18-12-10-9-11-13-18)24-29(27)22(4,5)6;1-15(2,3)22-14(20)19-12-13(11-17(19,7)8)9-10-18-23(21)16(4,5)6;1-2-4-6-5-3-1;;/h9-13,17,19,24H,14-16H2,1-8H3;10,13H,9,11-12H2,1-8H3;1-5H;1H;/q;;-1;;+2/p-1/t17-,19?,29?;13-,23?;;;/m00.../s1. The predicted octanol–water partition coefficient (Wildman–Crippen LogP) is 7.26. The Morgan fingerprint density at radius 2 is 1.20 bits per heavy atom. The third-order valence-corrected chi connectivity index (χ3v) is 12.5. The van der Waals surface area contributed by atoms with E-state index >= 15 is 0 Å². The van der Waals surface area contributed by atoms with Gasteiger partial charge < -0.3 is 31.7 Å². The van der Waals surface area contributed by atoms with Gasteiger partial charge in [-0.25, -0.2) is 22.7 Å². The molecule has 2 aliphatic rings. The normalized spacial score (nSPS) is 20.2. The van der Waals surface area contributed by atoms with Crippen LogP contribution in [0, 0.1) is 17.9 Å². The average Bonchev–Trinajstić information content (AvgIpc) is 3.56. The van der Waals surface area contributed by atoms with E-state index in [2.05, 4.69) is 55.0 Å². The molecule has 2 fully saturated rings. The zero-order valence-corrected chi connectivity index (χ0v) is 43.3. The zero-order valence-electron chi connectivity index (χ0n) is 39.5. The van der Waals surface area contributed by atoms with Crippen LogP contribution < -0.4 is 17.1 Å². The number of nitrogens with zero attached hydrogens (tertiary/aromatic N) is 3. The van der Waals surface area contributed by atoms with E-state index in [1.54, 1.807) is 11.1 Å².